The van der Waals surface area contributed by atoms with Crippen molar-refractivity contribution in [2.75, 3.05) is 20.1 Å². The van der Waals surface area contributed by atoms with Crippen LogP contribution < -0.4 is 10.6 Å². The van der Waals surface area contributed by atoms with Crippen LogP contribution in [0.2, 0.25) is 0 Å². The Kier molecular flexibility index (Phi) is 8.58. The van der Waals surface area contributed by atoms with Crippen LogP contribution in [0.5, 0.6) is 0 Å². The molecule has 8 heteroatoms. The molecule has 0 aliphatic heterocycles. The zero-order valence-corrected chi connectivity index (χ0v) is 18.4. The molecular formula is C20H22F2IN3OS. The standard InChI is InChI=1S/C20H21F2N3OS.HI/c1-23-20(24-10-9-13-6-4-7-15(21)19(13)22)25-12-16(26)18-11-14-5-2-3-8-17(14)27-18;/h2-8,11,16,26H,9-10,12H2,1H3,(H2,23,24,25);1H. The number of halogens is 3. The highest BCUT2D eigenvalue weighted by atomic mass is 127. The second-order valence-electron chi connectivity index (χ2n) is 6.05. The molecule has 0 aliphatic carbocycles. The molecule has 150 valence electrons. The summed E-state index contributed by atoms with van der Waals surface area (Å²) in [7, 11) is 1.62. The molecule has 0 saturated carbocycles. The maximum Gasteiger partial charge on any atom is 0.191 e. The van der Waals surface area contributed by atoms with E-state index in [1.54, 1.807) is 24.5 Å². The molecule has 1 aromatic heterocycles. The number of hydrogen-bond acceptors (Lipinski definition) is 3. The third kappa shape index (κ3) is 5.62. The smallest absolute Gasteiger partial charge is 0.191 e. The highest BCUT2D eigenvalue weighted by molar-refractivity contribution is 14.0. The molecule has 1 heterocycles. The first-order valence-corrected chi connectivity index (χ1v) is 9.44. The molecule has 0 saturated heterocycles. The summed E-state index contributed by atoms with van der Waals surface area (Å²) in [6, 6.07) is 14.1. The Balaban J connectivity index is 0.00000280. The molecule has 3 rings (SSSR count). The lowest BCUT2D eigenvalue weighted by molar-refractivity contribution is 0.184. The number of nitrogens with one attached hydrogen (secondary N) is 2. The first kappa shape index (κ1) is 22.5. The van der Waals surface area contributed by atoms with Crippen molar-refractivity contribution in [3.8, 4) is 0 Å². The zero-order valence-electron chi connectivity index (χ0n) is 15.3. The summed E-state index contributed by atoms with van der Waals surface area (Å²) in [6.45, 7) is 0.680. The zero-order chi connectivity index (χ0) is 19.2. The van der Waals surface area contributed by atoms with Crippen LogP contribution in [0.25, 0.3) is 10.1 Å². The number of fused-ring (bicyclic) bond motifs is 1. The van der Waals surface area contributed by atoms with Gasteiger partial charge in [-0.15, -0.1) is 35.3 Å². The van der Waals surface area contributed by atoms with Crippen molar-refractivity contribution >= 4 is 51.4 Å². The molecule has 28 heavy (non-hydrogen) atoms. The second kappa shape index (κ2) is 10.7. The third-order valence-electron chi connectivity index (χ3n) is 4.18. The third-order valence-corrected chi connectivity index (χ3v) is 5.40. The molecule has 1 atom stereocenters. The van der Waals surface area contributed by atoms with Gasteiger partial charge in [-0.05, 0) is 35.6 Å². The normalized spacial score (nSPS) is 12.5. The van der Waals surface area contributed by atoms with Crippen molar-refractivity contribution in [2.24, 2.45) is 4.99 Å². The predicted octanol–water partition coefficient (Wildman–Crippen LogP) is 4.24. The minimum atomic E-state index is -0.846. The Bertz CT molecular complexity index is 915. The number of guanidine groups is 1. The molecule has 2 aromatic carbocycles. The predicted molar refractivity (Wildman–Crippen MR) is 122 cm³/mol. The van der Waals surface area contributed by atoms with E-state index in [1.807, 2.05) is 30.3 Å². The van der Waals surface area contributed by atoms with E-state index in [1.165, 1.54) is 6.07 Å². The van der Waals surface area contributed by atoms with Gasteiger partial charge >= 0.3 is 0 Å². The van der Waals surface area contributed by atoms with Gasteiger partial charge in [0.05, 0.1) is 0 Å². The summed E-state index contributed by atoms with van der Waals surface area (Å²) in [5, 5.41) is 17.6. The first-order valence-electron chi connectivity index (χ1n) is 8.62. The van der Waals surface area contributed by atoms with Gasteiger partial charge in [0.15, 0.2) is 17.6 Å². The number of rotatable bonds is 6. The van der Waals surface area contributed by atoms with Gasteiger partial charge in [-0.3, -0.25) is 4.99 Å². The van der Waals surface area contributed by atoms with Gasteiger partial charge in [0.1, 0.15) is 6.10 Å². The molecule has 0 aliphatic rings. The minimum absolute atomic E-state index is 0. The Labute approximate surface area is 183 Å². The van der Waals surface area contributed by atoms with Gasteiger partial charge in [-0.2, -0.15) is 0 Å². The van der Waals surface area contributed by atoms with E-state index in [0.29, 0.717) is 31.0 Å². The number of hydrogen-bond donors (Lipinski definition) is 3. The molecule has 4 nitrogen and oxygen atoms in total. The summed E-state index contributed by atoms with van der Waals surface area (Å²) in [5.74, 6) is -1.17. The molecule has 0 fully saturated rings. The maximum atomic E-state index is 13.7. The number of aliphatic hydroxyl groups excluding tert-OH is 1. The van der Waals surface area contributed by atoms with Gasteiger partial charge in [0.25, 0.3) is 0 Å². The van der Waals surface area contributed by atoms with Gasteiger partial charge in [0, 0.05) is 29.7 Å². The average Bonchev–Trinajstić information content (AvgIpc) is 3.12. The molecule has 0 spiro atoms. The van der Waals surface area contributed by atoms with Gasteiger partial charge in [-0.25, -0.2) is 8.78 Å². The summed E-state index contributed by atoms with van der Waals surface area (Å²) >= 11 is 1.56. The molecule has 3 aromatic rings. The number of benzene rings is 2. The van der Waals surface area contributed by atoms with E-state index in [-0.39, 0.29) is 24.0 Å². The van der Waals surface area contributed by atoms with Gasteiger partial charge in [0.2, 0.25) is 0 Å². The fourth-order valence-corrected chi connectivity index (χ4v) is 3.79. The fraction of sp³-hybridized carbons (Fsp3) is 0.250. The topological polar surface area (TPSA) is 56.7 Å². The monoisotopic (exact) mass is 517 g/mol. The molecule has 3 N–H and O–H groups in total. The average molecular weight is 517 g/mol. The molecular weight excluding hydrogens is 495 g/mol. The van der Waals surface area contributed by atoms with Crippen LogP contribution in [0.4, 0.5) is 8.78 Å². The Morgan fingerprint density at radius 3 is 2.68 bits per heavy atom. The van der Waals surface area contributed by atoms with Gasteiger partial charge in [-0.1, -0.05) is 30.3 Å². The Morgan fingerprint density at radius 1 is 1.14 bits per heavy atom. The van der Waals surface area contributed by atoms with Crippen molar-refractivity contribution in [3.63, 3.8) is 0 Å². The van der Waals surface area contributed by atoms with E-state index in [9.17, 15) is 13.9 Å². The van der Waals surface area contributed by atoms with E-state index in [0.717, 1.165) is 21.0 Å². The Hall–Kier alpha value is -1.78. The Morgan fingerprint density at radius 2 is 1.93 bits per heavy atom. The van der Waals surface area contributed by atoms with Crippen LogP contribution in [0.1, 0.15) is 16.5 Å². The van der Waals surface area contributed by atoms with Crippen LogP contribution in [-0.4, -0.2) is 31.2 Å². The number of aliphatic imine (C=N–C) groups is 1. The largest absolute Gasteiger partial charge is 0.386 e. The van der Waals surface area contributed by atoms with Crippen molar-refractivity contribution in [1.82, 2.24) is 10.6 Å². The van der Waals surface area contributed by atoms with E-state index < -0.39 is 17.7 Å². The lowest BCUT2D eigenvalue weighted by atomic mass is 10.1. The SMILES string of the molecule is CN=C(NCCc1cccc(F)c1F)NCC(O)c1cc2ccccc2s1.I. The second-order valence-corrected chi connectivity index (χ2v) is 7.16. The van der Waals surface area contributed by atoms with Crippen molar-refractivity contribution in [2.45, 2.75) is 12.5 Å². The highest BCUT2D eigenvalue weighted by Crippen LogP contribution is 2.29. The van der Waals surface area contributed by atoms with Crippen LogP contribution in [0, 0.1) is 11.6 Å². The van der Waals surface area contributed by atoms with Gasteiger partial charge < -0.3 is 15.7 Å². The van der Waals surface area contributed by atoms with E-state index in [4.69, 9.17) is 0 Å². The maximum absolute atomic E-state index is 13.7. The number of aliphatic hydroxyl groups is 1. The fourth-order valence-electron chi connectivity index (χ4n) is 2.74. The number of nitrogens with zero attached hydrogens (tertiary/aromatic N) is 1. The van der Waals surface area contributed by atoms with E-state index in [2.05, 4.69) is 15.6 Å². The quantitative estimate of drug-likeness (QED) is 0.261. The van der Waals surface area contributed by atoms with E-state index >= 15 is 0 Å². The summed E-state index contributed by atoms with van der Waals surface area (Å²) < 4.78 is 28.0. The summed E-state index contributed by atoms with van der Waals surface area (Å²) in [6.07, 6.45) is -0.343. The molecule has 0 radical (unpaired) electrons. The summed E-state index contributed by atoms with van der Waals surface area (Å²) in [5.41, 5.74) is 0.309. The van der Waals surface area contributed by atoms with Crippen LogP contribution >= 0.6 is 35.3 Å². The lowest BCUT2D eigenvalue weighted by Gasteiger charge is -2.14. The molecule has 0 amide bonds. The minimum Gasteiger partial charge on any atom is -0.386 e. The van der Waals surface area contributed by atoms with Crippen LogP contribution in [-0.2, 0) is 6.42 Å². The molecule has 0 bridgehead atoms. The first-order chi connectivity index (χ1) is 13.1. The lowest BCUT2D eigenvalue weighted by Crippen LogP contribution is -2.40. The summed E-state index contributed by atoms with van der Waals surface area (Å²) in [4.78, 5) is 4.96. The van der Waals surface area contributed by atoms with Crippen molar-refractivity contribution in [1.29, 1.82) is 0 Å². The molecule has 1 unspecified atom stereocenters. The highest BCUT2D eigenvalue weighted by Gasteiger charge is 2.12. The van der Waals surface area contributed by atoms with Crippen LogP contribution in [0.3, 0.4) is 0 Å². The van der Waals surface area contributed by atoms with Crippen molar-refractivity contribution < 1.29 is 13.9 Å². The van der Waals surface area contributed by atoms with Crippen LogP contribution in [0.15, 0.2) is 53.5 Å². The van der Waals surface area contributed by atoms with Crippen molar-refractivity contribution in [3.05, 3.63) is 70.6 Å². The number of thiophene rings is 1.